The molecule has 0 bridgehead atoms. The standard InChI is InChI=1S/C15H12FNS/c1-11-5-2-3-6-12(11)10-18-15-8-4-7-14(16)13(15)9-17/h2-8H,10H2,1H3. The number of hydrogen-bond acceptors (Lipinski definition) is 2. The van der Waals surface area contributed by atoms with Crippen molar-refractivity contribution in [3.63, 3.8) is 0 Å². The second-order valence-corrected chi connectivity index (χ2v) is 4.96. The number of rotatable bonds is 3. The van der Waals surface area contributed by atoms with Crippen molar-refractivity contribution in [1.82, 2.24) is 0 Å². The summed E-state index contributed by atoms with van der Waals surface area (Å²) in [6, 6.07) is 14.7. The minimum absolute atomic E-state index is 0.135. The highest BCUT2D eigenvalue weighted by Crippen LogP contribution is 2.28. The minimum atomic E-state index is -0.452. The van der Waals surface area contributed by atoms with Gasteiger partial charge in [0.25, 0.3) is 0 Å². The number of thioether (sulfide) groups is 1. The van der Waals surface area contributed by atoms with Crippen molar-refractivity contribution in [2.45, 2.75) is 17.6 Å². The molecule has 0 aliphatic carbocycles. The van der Waals surface area contributed by atoms with Crippen molar-refractivity contribution in [1.29, 1.82) is 5.26 Å². The Morgan fingerprint density at radius 3 is 2.67 bits per heavy atom. The molecule has 0 heterocycles. The lowest BCUT2D eigenvalue weighted by Gasteiger charge is -2.07. The van der Waals surface area contributed by atoms with Gasteiger partial charge in [-0.2, -0.15) is 5.26 Å². The summed E-state index contributed by atoms with van der Waals surface area (Å²) in [5.41, 5.74) is 2.55. The zero-order chi connectivity index (χ0) is 13.0. The van der Waals surface area contributed by atoms with Crippen LogP contribution in [-0.4, -0.2) is 0 Å². The van der Waals surface area contributed by atoms with Crippen LogP contribution in [0.2, 0.25) is 0 Å². The smallest absolute Gasteiger partial charge is 0.142 e. The third-order valence-electron chi connectivity index (χ3n) is 2.73. The minimum Gasteiger partial charge on any atom is -0.206 e. The highest BCUT2D eigenvalue weighted by Gasteiger charge is 2.08. The van der Waals surface area contributed by atoms with Gasteiger partial charge in [0, 0.05) is 10.6 Å². The third-order valence-corrected chi connectivity index (χ3v) is 3.84. The Bertz CT molecular complexity index is 602. The molecule has 0 saturated heterocycles. The van der Waals surface area contributed by atoms with E-state index in [1.165, 1.54) is 29.0 Å². The monoisotopic (exact) mass is 257 g/mol. The van der Waals surface area contributed by atoms with Gasteiger partial charge in [-0.3, -0.25) is 0 Å². The summed E-state index contributed by atoms with van der Waals surface area (Å²) in [5.74, 6) is 0.289. The molecule has 0 spiro atoms. The van der Waals surface area contributed by atoms with Crippen LogP contribution in [0.25, 0.3) is 0 Å². The Balaban J connectivity index is 2.19. The molecule has 0 saturated carbocycles. The van der Waals surface area contributed by atoms with Gasteiger partial charge in [-0.05, 0) is 30.2 Å². The molecule has 90 valence electrons. The van der Waals surface area contributed by atoms with Crippen LogP contribution >= 0.6 is 11.8 Å². The Kier molecular flexibility index (Phi) is 4.01. The van der Waals surface area contributed by atoms with E-state index in [1.54, 1.807) is 12.1 Å². The number of nitriles is 1. The molecule has 0 amide bonds. The Morgan fingerprint density at radius 2 is 1.94 bits per heavy atom. The van der Waals surface area contributed by atoms with E-state index in [-0.39, 0.29) is 5.56 Å². The topological polar surface area (TPSA) is 23.8 Å². The predicted molar refractivity (Wildman–Crippen MR) is 71.9 cm³/mol. The maximum absolute atomic E-state index is 13.4. The summed E-state index contributed by atoms with van der Waals surface area (Å²) < 4.78 is 13.4. The van der Waals surface area contributed by atoms with Gasteiger partial charge in [-0.1, -0.05) is 30.3 Å². The molecular formula is C15H12FNS. The van der Waals surface area contributed by atoms with E-state index in [9.17, 15) is 4.39 Å². The fraction of sp³-hybridized carbons (Fsp3) is 0.133. The Hall–Kier alpha value is -1.79. The molecule has 2 aromatic rings. The van der Waals surface area contributed by atoms with Crippen LogP contribution in [0.15, 0.2) is 47.4 Å². The molecule has 3 heteroatoms. The first-order valence-electron chi connectivity index (χ1n) is 5.58. The fourth-order valence-corrected chi connectivity index (χ4v) is 2.76. The Morgan fingerprint density at radius 1 is 1.17 bits per heavy atom. The summed E-state index contributed by atoms with van der Waals surface area (Å²) in [6.07, 6.45) is 0. The first kappa shape index (κ1) is 12.7. The van der Waals surface area contributed by atoms with Crippen LogP contribution in [-0.2, 0) is 5.75 Å². The lowest BCUT2D eigenvalue weighted by atomic mass is 10.1. The van der Waals surface area contributed by atoms with Gasteiger partial charge in [-0.15, -0.1) is 11.8 Å². The molecule has 0 aromatic heterocycles. The van der Waals surface area contributed by atoms with Crippen LogP contribution < -0.4 is 0 Å². The van der Waals surface area contributed by atoms with Gasteiger partial charge in [0.2, 0.25) is 0 Å². The van der Waals surface area contributed by atoms with E-state index in [2.05, 4.69) is 0 Å². The van der Waals surface area contributed by atoms with Crippen molar-refractivity contribution >= 4 is 11.8 Å². The Labute approximate surface area is 110 Å². The number of aryl methyl sites for hydroxylation is 1. The van der Waals surface area contributed by atoms with Crippen molar-refractivity contribution in [2.75, 3.05) is 0 Å². The molecular weight excluding hydrogens is 245 g/mol. The van der Waals surface area contributed by atoms with Gasteiger partial charge in [0.15, 0.2) is 0 Å². The molecule has 0 aliphatic heterocycles. The van der Waals surface area contributed by atoms with Crippen molar-refractivity contribution < 1.29 is 4.39 Å². The van der Waals surface area contributed by atoms with Crippen molar-refractivity contribution in [3.05, 3.63) is 65.0 Å². The second kappa shape index (κ2) is 5.70. The van der Waals surface area contributed by atoms with Gasteiger partial charge in [-0.25, -0.2) is 4.39 Å². The SMILES string of the molecule is Cc1ccccc1CSc1cccc(F)c1C#N. The van der Waals surface area contributed by atoms with Crippen LogP contribution in [0.4, 0.5) is 4.39 Å². The van der Waals surface area contributed by atoms with E-state index in [1.807, 2.05) is 37.3 Å². The van der Waals surface area contributed by atoms with Crippen LogP contribution in [0.1, 0.15) is 16.7 Å². The van der Waals surface area contributed by atoms with Crippen LogP contribution in [0, 0.1) is 24.1 Å². The molecule has 2 aromatic carbocycles. The highest BCUT2D eigenvalue weighted by molar-refractivity contribution is 7.98. The molecule has 0 fully saturated rings. The highest BCUT2D eigenvalue weighted by atomic mass is 32.2. The van der Waals surface area contributed by atoms with Gasteiger partial charge < -0.3 is 0 Å². The normalized spacial score (nSPS) is 10.1. The van der Waals surface area contributed by atoms with Crippen molar-refractivity contribution in [3.8, 4) is 6.07 Å². The molecule has 1 nitrogen and oxygen atoms in total. The van der Waals surface area contributed by atoms with Gasteiger partial charge >= 0.3 is 0 Å². The fourth-order valence-electron chi connectivity index (χ4n) is 1.66. The predicted octanol–water partition coefficient (Wildman–Crippen LogP) is 4.30. The molecule has 0 N–H and O–H groups in total. The maximum atomic E-state index is 13.4. The lowest BCUT2D eigenvalue weighted by Crippen LogP contribution is -1.89. The molecule has 0 radical (unpaired) electrons. The van der Waals surface area contributed by atoms with E-state index in [4.69, 9.17) is 5.26 Å². The average Bonchev–Trinajstić information content (AvgIpc) is 2.38. The van der Waals surface area contributed by atoms with Crippen LogP contribution in [0.5, 0.6) is 0 Å². The largest absolute Gasteiger partial charge is 0.206 e. The van der Waals surface area contributed by atoms with E-state index < -0.39 is 5.82 Å². The molecule has 0 unspecified atom stereocenters. The van der Waals surface area contributed by atoms with Gasteiger partial charge in [0.1, 0.15) is 17.4 Å². The maximum Gasteiger partial charge on any atom is 0.142 e. The molecule has 0 aliphatic rings. The zero-order valence-electron chi connectivity index (χ0n) is 9.98. The number of hydrogen-bond donors (Lipinski definition) is 0. The number of nitrogens with zero attached hydrogens (tertiary/aromatic N) is 1. The van der Waals surface area contributed by atoms with E-state index in [0.717, 1.165) is 5.75 Å². The lowest BCUT2D eigenvalue weighted by molar-refractivity contribution is 0.620. The third kappa shape index (κ3) is 2.72. The van der Waals surface area contributed by atoms with Crippen molar-refractivity contribution in [2.24, 2.45) is 0 Å². The first-order valence-corrected chi connectivity index (χ1v) is 6.57. The zero-order valence-corrected chi connectivity index (χ0v) is 10.8. The average molecular weight is 257 g/mol. The summed E-state index contributed by atoms with van der Waals surface area (Å²) in [7, 11) is 0. The number of benzene rings is 2. The summed E-state index contributed by atoms with van der Waals surface area (Å²) in [5, 5.41) is 8.95. The second-order valence-electron chi connectivity index (χ2n) is 3.94. The van der Waals surface area contributed by atoms with Gasteiger partial charge in [0.05, 0.1) is 0 Å². The molecule has 2 rings (SSSR count). The van der Waals surface area contributed by atoms with Crippen LogP contribution in [0.3, 0.4) is 0 Å². The molecule has 0 atom stereocenters. The summed E-state index contributed by atoms with van der Waals surface area (Å²) in [6.45, 7) is 2.05. The molecule has 18 heavy (non-hydrogen) atoms. The summed E-state index contributed by atoms with van der Waals surface area (Å²) in [4.78, 5) is 0.695. The number of halogens is 1. The summed E-state index contributed by atoms with van der Waals surface area (Å²) >= 11 is 1.49. The quantitative estimate of drug-likeness (QED) is 0.765. The first-order chi connectivity index (χ1) is 8.72. The van der Waals surface area contributed by atoms with E-state index in [0.29, 0.717) is 4.90 Å². The van der Waals surface area contributed by atoms with E-state index >= 15 is 0 Å².